The quantitative estimate of drug-likeness (QED) is 0.564. The van der Waals surface area contributed by atoms with E-state index in [-0.39, 0.29) is 5.78 Å². The fourth-order valence-electron chi connectivity index (χ4n) is 0.654. The van der Waals surface area contributed by atoms with Crippen LogP contribution in [0.3, 0.4) is 0 Å². The van der Waals surface area contributed by atoms with Crippen molar-refractivity contribution in [3.05, 3.63) is 0 Å². The van der Waals surface area contributed by atoms with Gasteiger partial charge in [-0.15, -0.1) is 0 Å². The SMILES string of the molecule is CC(=O)COCC1CC1. The molecule has 0 N–H and O–H groups in total. The zero-order valence-corrected chi connectivity index (χ0v) is 5.72. The molecule has 0 aliphatic heterocycles. The summed E-state index contributed by atoms with van der Waals surface area (Å²) < 4.78 is 5.07. The smallest absolute Gasteiger partial charge is 0.155 e. The summed E-state index contributed by atoms with van der Waals surface area (Å²) in [6.45, 7) is 2.64. The van der Waals surface area contributed by atoms with Gasteiger partial charge in [-0.05, 0) is 25.7 Å². The Morgan fingerprint density at radius 2 is 2.33 bits per heavy atom. The zero-order valence-electron chi connectivity index (χ0n) is 5.72. The predicted molar refractivity (Wildman–Crippen MR) is 34.2 cm³/mol. The number of carbonyl (C=O) groups excluding carboxylic acids is 1. The van der Waals surface area contributed by atoms with Crippen molar-refractivity contribution in [3.8, 4) is 0 Å². The van der Waals surface area contributed by atoms with Gasteiger partial charge in [-0.3, -0.25) is 4.79 Å². The van der Waals surface area contributed by atoms with Gasteiger partial charge in [0.25, 0.3) is 0 Å². The molecule has 1 aliphatic carbocycles. The summed E-state index contributed by atoms with van der Waals surface area (Å²) in [4.78, 5) is 10.3. The highest BCUT2D eigenvalue weighted by Gasteiger charge is 2.20. The van der Waals surface area contributed by atoms with Gasteiger partial charge in [-0.2, -0.15) is 0 Å². The van der Waals surface area contributed by atoms with E-state index in [0.717, 1.165) is 12.5 Å². The maximum Gasteiger partial charge on any atom is 0.155 e. The van der Waals surface area contributed by atoms with Crippen LogP contribution in [0, 0.1) is 5.92 Å². The van der Waals surface area contributed by atoms with Crippen LogP contribution >= 0.6 is 0 Å². The summed E-state index contributed by atoms with van der Waals surface area (Å²) in [5.74, 6) is 0.889. The number of Topliss-reactive ketones (excluding diaryl/α,β-unsaturated/α-hetero) is 1. The largest absolute Gasteiger partial charge is 0.373 e. The van der Waals surface area contributed by atoms with E-state index in [1.54, 1.807) is 6.92 Å². The Bertz CT molecular complexity index is 105. The predicted octanol–water partition coefficient (Wildman–Crippen LogP) is 1.00. The van der Waals surface area contributed by atoms with E-state index in [9.17, 15) is 4.79 Å². The molecule has 0 bridgehead atoms. The van der Waals surface area contributed by atoms with Crippen molar-refractivity contribution in [1.29, 1.82) is 0 Å². The first-order valence-electron chi connectivity index (χ1n) is 3.36. The lowest BCUT2D eigenvalue weighted by Gasteiger charge is -1.96. The molecule has 0 heterocycles. The zero-order chi connectivity index (χ0) is 6.69. The van der Waals surface area contributed by atoms with Gasteiger partial charge < -0.3 is 4.74 Å². The van der Waals surface area contributed by atoms with Crippen LogP contribution in [0.1, 0.15) is 19.8 Å². The van der Waals surface area contributed by atoms with Crippen LogP contribution in [0.5, 0.6) is 0 Å². The summed E-state index contributed by atoms with van der Waals surface area (Å²) in [7, 11) is 0. The van der Waals surface area contributed by atoms with Gasteiger partial charge in [0.1, 0.15) is 6.61 Å². The van der Waals surface area contributed by atoms with Crippen LogP contribution in [-0.4, -0.2) is 19.0 Å². The molecule has 1 aliphatic rings. The van der Waals surface area contributed by atoms with Gasteiger partial charge in [-0.25, -0.2) is 0 Å². The molecular formula is C7H12O2. The van der Waals surface area contributed by atoms with Gasteiger partial charge in [-0.1, -0.05) is 0 Å². The third-order valence-electron chi connectivity index (χ3n) is 1.36. The Morgan fingerprint density at radius 3 is 2.78 bits per heavy atom. The van der Waals surface area contributed by atoms with E-state index in [1.807, 2.05) is 0 Å². The highest BCUT2D eigenvalue weighted by molar-refractivity contribution is 5.76. The lowest BCUT2D eigenvalue weighted by Crippen LogP contribution is -2.05. The number of hydrogen-bond acceptors (Lipinski definition) is 2. The Kier molecular flexibility index (Phi) is 2.22. The van der Waals surface area contributed by atoms with E-state index in [1.165, 1.54) is 12.8 Å². The fourth-order valence-corrected chi connectivity index (χ4v) is 0.654. The van der Waals surface area contributed by atoms with Gasteiger partial charge in [0.15, 0.2) is 5.78 Å². The monoisotopic (exact) mass is 128 g/mol. The van der Waals surface area contributed by atoms with E-state index in [4.69, 9.17) is 4.74 Å². The average Bonchev–Trinajstić information content (AvgIpc) is 2.48. The molecule has 0 atom stereocenters. The summed E-state index contributed by atoms with van der Waals surface area (Å²) in [6.07, 6.45) is 2.58. The Morgan fingerprint density at radius 1 is 1.67 bits per heavy atom. The topological polar surface area (TPSA) is 26.3 Å². The summed E-state index contributed by atoms with van der Waals surface area (Å²) in [5.41, 5.74) is 0. The van der Waals surface area contributed by atoms with Crippen molar-refractivity contribution in [1.82, 2.24) is 0 Å². The number of ketones is 1. The molecular weight excluding hydrogens is 116 g/mol. The van der Waals surface area contributed by atoms with Crippen LogP contribution < -0.4 is 0 Å². The molecule has 0 aromatic carbocycles. The first kappa shape index (κ1) is 6.75. The third-order valence-corrected chi connectivity index (χ3v) is 1.36. The van der Waals surface area contributed by atoms with Crippen molar-refractivity contribution in [2.75, 3.05) is 13.2 Å². The molecule has 1 rings (SSSR count). The van der Waals surface area contributed by atoms with E-state index in [2.05, 4.69) is 0 Å². The van der Waals surface area contributed by atoms with Gasteiger partial charge in [0.05, 0.1) is 0 Å². The van der Waals surface area contributed by atoms with Crippen LogP contribution in [0.25, 0.3) is 0 Å². The fraction of sp³-hybridized carbons (Fsp3) is 0.857. The number of hydrogen-bond donors (Lipinski definition) is 0. The van der Waals surface area contributed by atoms with Crippen molar-refractivity contribution in [3.63, 3.8) is 0 Å². The molecule has 9 heavy (non-hydrogen) atoms. The minimum Gasteiger partial charge on any atom is -0.373 e. The lowest BCUT2D eigenvalue weighted by atomic mass is 10.4. The maximum atomic E-state index is 10.3. The molecule has 0 saturated heterocycles. The van der Waals surface area contributed by atoms with Gasteiger partial charge in [0.2, 0.25) is 0 Å². The molecule has 2 heteroatoms. The minimum atomic E-state index is 0.121. The normalized spacial score (nSPS) is 17.9. The second-order valence-electron chi connectivity index (χ2n) is 2.66. The number of carbonyl (C=O) groups is 1. The number of rotatable bonds is 4. The Hall–Kier alpha value is -0.370. The molecule has 1 fully saturated rings. The maximum absolute atomic E-state index is 10.3. The number of ether oxygens (including phenoxy) is 1. The third kappa shape index (κ3) is 3.25. The molecule has 0 amide bonds. The first-order valence-corrected chi connectivity index (χ1v) is 3.36. The first-order chi connectivity index (χ1) is 4.29. The van der Waals surface area contributed by atoms with E-state index in [0.29, 0.717) is 6.61 Å². The minimum absolute atomic E-state index is 0.121. The lowest BCUT2D eigenvalue weighted by molar-refractivity contribution is -0.121. The van der Waals surface area contributed by atoms with Crippen molar-refractivity contribution < 1.29 is 9.53 Å². The summed E-state index contributed by atoms with van der Waals surface area (Å²) >= 11 is 0. The molecule has 0 unspecified atom stereocenters. The highest BCUT2D eigenvalue weighted by Crippen LogP contribution is 2.28. The van der Waals surface area contributed by atoms with Crippen LogP contribution in [0.2, 0.25) is 0 Å². The molecule has 0 aromatic heterocycles. The van der Waals surface area contributed by atoms with Crippen LogP contribution in [0.15, 0.2) is 0 Å². The van der Waals surface area contributed by atoms with Crippen LogP contribution in [-0.2, 0) is 9.53 Å². The molecule has 2 nitrogen and oxygen atoms in total. The summed E-state index contributed by atoms with van der Waals surface area (Å²) in [5, 5.41) is 0. The Labute approximate surface area is 55.2 Å². The van der Waals surface area contributed by atoms with Crippen molar-refractivity contribution >= 4 is 5.78 Å². The molecule has 0 radical (unpaired) electrons. The van der Waals surface area contributed by atoms with Crippen molar-refractivity contribution in [2.24, 2.45) is 5.92 Å². The second kappa shape index (κ2) is 2.97. The summed E-state index contributed by atoms with van der Waals surface area (Å²) in [6, 6.07) is 0. The molecule has 0 aromatic rings. The van der Waals surface area contributed by atoms with Gasteiger partial charge in [0, 0.05) is 6.61 Å². The molecule has 0 spiro atoms. The highest BCUT2D eigenvalue weighted by atomic mass is 16.5. The molecule has 1 saturated carbocycles. The Balaban J connectivity index is 1.86. The average molecular weight is 128 g/mol. The molecule has 52 valence electrons. The van der Waals surface area contributed by atoms with Crippen LogP contribution in [0.4, 0.5) is 0 Å². The second-order valence-corrected chi connectivity index (χ2v) is 2.66. The van der Waals surface area contributed by atoms with E-state index < -0.39 is 0 Å². The van der Waals surface area contributed by atoms with E-state index >= 15 is 0 Å². The standard InChI is InChI=1S/C7H12O2/c1-6(8)4-9-5-7-2-3-7/h7H,2-5H2,1H3. The van der Waals surface area contributed by atoms with Crippen molar-refractivity contribution in [2.45, 2.75) is 19.8 Å². The van der Waals surface area contributed by atoms with Gasteiger partial charge >= 0.3 is 0 Å².